The van der Waals surface area contributed by atoms with E-state index in [1.807, 2.05) is 19.2 Å². The molecule has 0 radical (unpaired) electrons. The van der Waals surface area contributed by atoms with Gasteiger partial charge in [-0.25, -0.2) is 5.10 Å². The zero-order valence-corrected chi connectivity index (χ0v) is 11.0. The van der Waals surface area contributed by atoms with Crippen LogP contribution in [0.25, 0.3) is 0 Å². The first-order chi connectivity index (χ1) is 9.21. The molecule has 1 N–H and O–H groups in total. The molecule has 19 heavy (non-hydrogen) atoms. The highest BCUT2D eigenvalue weighted by Crippen LogP contribution is 2.24. The van der Waals surface area contributed by atoms with E-state index >= 15 is 0 Å². The molecule has 0 spiro atoms. The number of tetrazole rings is 1. The summed E-state index contributed by atoms with van der Waals surface area (Å²) in [6.07, 6.45) is 1.93. The highest BCUT2D eigenvalue weighted by Gasteiger charge is 2.30. The largest absolute Gasteiger partial charge is 0.823 e. The Morgan fingerprint density at radius 1 is 1.32 bits per heavy atom. The monoisotopic (exact) mass is 284 g/mol. The normalized spacial score (nSPS) is 10.3. The Bertz CT molecular complexity index is 530. The van der Waals surface area contributed by atoms with E-state index in [0.29, 0.717) is 5.75 Å². The Labute approximate surface area is 112 Å². The Morgan fingerprint density at radius 2 is 2.16 bits per heavy atom. The maximum Gasteiger partial charge on any atom is 0.823 e. The molecule has 100 valence electrons. The van der Waals surface area contributed by atoms with Gasteiger partial charge in [0.1, 0.15) is 5.75 Å². The molecule has 0 aliphatic heterocycles. The van der Waals surface area contributed by atoms with Crippen molar-refractivity contribution in [3.63, 3.8) is 0 Å². The lowest BCUT2D eigenvalue weighted by atomic mass is 10.2. The topological polar surface area (TPSA) is 82.2 Å². The number of H-pyrrole nitrogens is 1. The predicted molar refractivity (Wildman–Crippen MR) is 66.3 cm³/mol. The van der Waals surface area contributed by atoms with E-state index in [4.69, 9.17) is 9.31 Å². The van der Waals surface area contributed by atoms with Crippen molar-refractivity contribution < 1.29 is 18.7 Å². The first-order valence-corrected chi connectivity index (χ1v) is 6.44. The quantitative estimate of drug-likeness (QED) is 0.636. The van der Waals surface area contributed by atoms with Gasteiger partial charge in [0.2, 0.25) is 0 Å². The molecule has 1 aromatic heterocycles. The van der Waals surface area contributed by atoms with Gasteiger partial charge in [0.25, 0.3) is 0 Å². The van der Waals surface area contributed by atoms with Gasteiger partial charge in [-0.2, -0.15) is 4.86 Å². The molecule has 10 heteroatoms. The summed E-state index contributed by atoms with van der Waals surface area (Å²) in [6, 6.07) is 5.34. The Kier molecular flexibility index (Phi) is 4.58. The molecular weight excluding hydrogens is 274 g/mol. The molecule has 7 nitrogen and oxygen atoms in total. The van der Waals surface area contributed by atoms with Crippen molar-refractivity contribution >= 4 is 19.1 Å². The molecule has 1 aromatic carbocycles. The van der Waals surface area contributed by atoms with E-state index in [1.165, 1.54) is 0 Å². The fourth-order valence-electron chi connectivity index (χ4n) is 1.36. The molecule has 2 rings (SSSR count). The van der Waals surface area contributed by atoms with Gasteiger partial charge in [-0.05, 0) is 47.4 Å². The Balaban J connectivity index is 2.07. The zero-order chi connectivity index (χ0) is 13.7. The van der Waals surface area contributed by atoms with Crippen LogP contribution < -0.4 is 9.31 Å². The van der Waals surface area contributed by atoms with Gasteiger partial charge < -0.3 is 9.31 Å². The van der Waals surface area contributed by atoms with E-state index in [-0.39, 0.29) is 6.01 Å². The number of hydrogen-bond donors (Lipinski definition) is 1. The third-order valence-electron chi connectivity index (χ3n) is 2.10. The van der Waals surface area contributed by atoms with Crippen LogP contribution >= 0.6 is 11.8 Å². The summed E-state index contributed by atoms with van der Waals surface area (Å²) in [7, 11) is -1.59. The van der Waals surface area contributed by atoms with E-state index in [0.717, 1.165) is 10.5 Å². The standard InChI is InChI=1S/C9H10BFN4O3S/c1-6-3-7(5-8(4-6)19-2)16-10(18-11)17-9-12-14-15-13-9/h3-5H,1-2H3,(H,12,13,14,15). The number of hydrogen-bond acceptors (Lipinski definition) is 7. The number of nitrogens with zero attached hydrogens (tertiary/aromatic N) is 3. The van der Waals surface area contributed by atoms with Gasteiger partial charge >= 0.3 is 13.3 Å². The number of nitrogens with one attached hydrogen (secondary N) is 1. The van der Waals surface area contributed by atoms with Crippen LogP contribution in [0.3, 0.4) is 0 Å². The molecule has 0 fully saturated rings. The third-order valence-corrected chi connectivity index (χ3v) is 2.81. The fourth-order valence-corrected chi connectivity index (χ4v) is 1.90. The average molecular weight is 284 g/mol. The number of benzene rings is 1. The Hall–Kier alpha value is -1.81. The van der Waals surface area contributed by atoms with E-state index in [1.54, 1.807) is 23.9 Å². The molecular formula is C9H10BFN4O3S. The van der Waals surface area contributed by atoms with Gasteiger partial charge in [-0.3, -0.25) is 0 Å². The molecule has 0 aliphatic carbocycles. The number of rotatable bonds is 6. The predicted octanol–water partition coefficient (Wildman–Crippen LogP) is 1.57. The third kappa shape index (κ3) is 3.83. The molecule has 0 amide bonds. The molecule has 1 heterocycles. The summed E-state index contributed by atoms with van der Waals surface area (Å²) >= 11 is 1.54. The average Bonchev–Trinajstić information content (AvgIpc) is 2.90. The highest BCUT2D eigenvalue weighted by atomic mass is 32.2. The number of thioether (sulfide) groups is 1. The summed E-state index contributed by atoms with van der Waals surface area (Å²) in [5, 5.41) is 12.3. The maximum absolute atomic E-state index is 12.4. The van der Waals surface area contributed by atoms with Gasteiger partial charge in [-0.15, -0.1) is 11.8 Å². The van der Waals surface area contributed by atoms with Crippen LogP contribution in [0.2, 0.25) is 0 Å². The van der Waals surface area contributed by atoms with E-state index in [9.17, 15) is 4.53 Å². The lowest BCUT2D eigenvalue weighted by Crippen LogP contribution is -2.31. The van der Waals surface area contributed by atoms with Crippen LogP contribution in [-0.4, -0.2) is 34.2 Å². The van der Waals surface area contributed by atoms with Crippen molar-refractivity contribution in [1.29, 1.82) is 0 Å². The minimum absolute atomic E-state index is 0.111. The Morgan fingerprint density at radius 3 is 2.79 bits per heavy atom. The number of aromatic nitrogens is 4. The second kappa shape index (κ2) is 6.39. The molecule has 0 aliphatic rings. The summed E-state index contributed by atoms with van der Waals surface area (Å²) in [5.41, 5.74) is 0.973. The lowest BCUT2D eigenvalue weighted by Gasteiger charge is -2.11. The van der Waals surface area contributed by atoms with Crippen LogP contribution in [0.1, 0.15) is 5.56 Å². The number of aryl methyl sites for hydroxylation is 1. The first-order valence-electron chi connectivity index (χ1n) is 5.21. The van der Waals surface area contributed by atoms with Crippen molar-refractivity contribution in [2.24, 2.45) is 0 Å². The van der Waals surface area contributed by atoms with Gasteiger partial charge in [0.15, 0.2) is 0 Å². The lowest BCUT2D eigenvalue weighted by molar-refractivity contribution is -0.0504. The van der Waals surface area contributed by atoms with E-state index in [2.05, 4.69) is 25.5 Å². The van der Waals surface area contributed by atoms with Gasteiger partial charge in [0, 0.05) is 4.90 Å². The summed E-state index contributed by atoms with van der Waals surface area (Å²) in [6.45, 7) is 1.90. The van der Waals surface area contributed by atoms with Crippen molar-refractivity contribution in [3.05, 3.63) is 23.8 Å². The van der Waals surface area contributed by atoms with Crippen molar-refractivity contribution in [1.82, 2.24) is 20.6 Å². The molecule has 0 atom stereocenters. The van der Waals surface area contributed by atoms with Crippen LogP contribution in [0.4, 0.5) is 4.53 Å². The number of halogens is 1. The van der Waals surface area contributed by atoms with Crippen LogP contribution in [-0.2, 0) is 4.86 Å². The zero-order valence-electron chi connectivity index (χ0n) is 10.2. The number of aromatic amines is 1. The highest BCUT2D eigenvalue weighted by molar-refractivity contribution is 7.98. The first kappa shape index (κ1) is 13.6. The second-order valence-corrected chi connectivity index (χ2v) is 4.39. The minimum Gasteiger partial charge on any atom is -0.499 e. The van der Waals surface area contributed by atoms with Crippen molar-refractivity contribution in [2.45, 2.75) is 11.8 Å². The smallest absolute Gasteiger partial charge is 0.499 e. The van der Waals surface area contributed by atoms with Gasteiger partial charge in [-0.1, -0.05) is 9.62 Å². The maximum atomic E-state index is 12.4. The SMILES string of the molecule is CSc1cc(C)cc(OB(OF)Oc2nnn[nH]2)c1. The summed E-state index contributed by atoms with van der Waals surface area (Å²) < 4.78 is 22.5. The minimum atomic E-state index is -1.59. The molecule has 2 aromatic rings. The molecule has 0 saturated carbocycles. The van der Waals surface area contributed by atoms with Gasteiger partial charge in [0.05, 0.1) is 0 Å². The molecule has 0 unspecified atom stereocenters. The van der Waals surface area contributed by atoms with Crippen LogP contribution in [0, 0.1) is 6.92 Å². The van der Waals surface area contributed by atoms with Crippen molar-refractivity contribution in [2.75, 3.05) is 6.26 Å². The van der Waals surface area contributed by atoms with Crippen molar-refractivity contribution in [3.8, 4) is 11.8 Å². The molecule has 0 bridgehead atoms. The van der Waals surface area contributed by atoms with Crippen LogP contribution in [0.5, 0.6) is 11.8 Å². The van der Waals surface area contributed by atoms with Crippen LogP contribution in [0.15, 0.2) is 23.1 Å². The second-order valence-electron chi connectivity index (χ2n) is 3.51. The fraction of sp³-hybridized carbons (Fsp3) is 0.222. The summed E-state index contributed by atoms with van der Waals surface area (Å²) in [4.78, 5) is 4.55. The molecule has 0 saturated heterocycles. The summed E-state index contributed by atoms with van der Waals surface area (Å²) in [5.74, 6) is 0.416. The van der Waals surface area contributed by atoms with E-state index < -0.39 is 7.32 Å².